The summed E-state index contributed by atoms with van der Waals surface area (Å²) in [6, 6.07) is 35.7. The summed E-state index contributed by atoms with van der Waals surface area (Å²) in [5, 5.41) is 13.9. The van der Waals surface area contributed by atoms with E-state index in [4.69, 9.17) is 4.98 Å². The molecule has 2 aromatic heterocycles. The van der Waals surface area contributed by atoms with Gasteiger partial charge >= 0.3 is 0 Å². The highest BCUT2D eigenvalue weighted by atomic mass is 32.2. The van der Waals surface area contributed by atoms with Crippen LogP contribution in [0.4, 0.5) is 0 Å². The lowest BCUT2D eigenvalue weighted by Crippen LogP contribution is -2.01. The second-order valence-corrected chi connectivity index (χ2v) is 9.36. The van der Waals surface area contributed by atoms with Gasteiger partial charge in [0.2, 0.25) is 0 Å². The van der Waals surface area contributed by atoms with E-state index < -0.39 is 0 Å². The molecule has 6 aromatic rings. The number of aromatic nitrogens is 4. The minimum atomic E-state index is 0.789. The molecule has 2 heterocycles. The predicted octanol–water partition coefficient (Wildman–Crippen LogP) is 7.63. The molecule has 0 atom stereocenters. The van der Waals surface area contributed by atoms with Crippen LogP contribution in [0, 0.1) is 0 Å². The lowest BCUT2D eigenvalue weighted by atomic mass is 10.0. The van der Waals surface area contributed by atoms with Crippen molar-refractivity contribution in [2.75, 3.05) is 0 Å². The van der Waals surface area contributed by atoms with Crippen molar-refractivity contribution in [1.29, 1.82) is 0 Å². The van der Waals surface area contributed by atoms with E-state index in [1.807, 2.05) is 24.3 Å². The van der Waals surface area contributed by atoms with Gasteiger partial charge in [-0.25, -0.2) is 4.98 Å². The van der Waals surface area contributed by atoms with Crippen LogP contribution in [0.5, 0.6) is 0 Å². The third kappa shape index (κ3) is 4.08. The maximum absolute atomic E-state index is 4.94. The number of rotatable bonds is 6. The van der Waals surface area contributed by atoms with Crippen molar-refractivity contribution in [2.24, 2.45) is 0 Å². The fraction of sp³-hybridized carbons (Fsp3) is 0.100. The van der Waals surface area contributed by atoms with Crippen molar-refractivity contribution >= 4 is 33.4 Å². The number of nitrogens with zero attached hydrogens (tertiary/aromatic N) is 4. The summed E-state index contributed by atoms with van der Waals surface area (Å²) in [5.41, 5.74) is 5.35. The average molecular weight is 473 g/mol. The van der Waals surface area contributed by atoms with Crippen molar-refractivity contribution in [1.82, 2.24) is 19.7 Å². The molecule has 0 N–H and O–H groups in total. The van der Waals surface area contributed by atoms with Crippen molar-refractivity contribution < 1.29 is 0 Å². The van der Waals surface area contributed by atoms with Gasteiger partial charge < -0.3 is 4.57 Å². The molecule has 4 aromatic carbocycles. The molecule has 0 aliphatic carbocycles. The fourth-order valence-electron chi connectivity index (χ4n) is 4.56. The Kier molecular flexibility index (Phi) is 5.76. The molecule has 0 amide bonds. The lowest BCUT2D eigenvalue weighted by Gasteiger charge is -2.12. The molecule has 0 aliphatic heterocycles. The van der Waals surface area contributed by atoms with Gasteiger partial charge in [0, 0.05) is 28.8 Å². The smallest absolute Gasteiger partial charge is 0.191 e. The number of para-hydroxylation sites is 1. The van der Waals surface area contributed by atoms with Crippen molar-refractivity contribution in [3.63, 3.8) is 0 Å². The summed E-state index contributed by atoms with van der Waals surface area (Å²) < 4.78 is 2.21. The summed E-state index contributed by atoms with van der Waals surface area (Å²) >= 11 is 1.73. The Balaban J connectivity index is 1.41. The Morgan fingerprint density at radius 1 is 0.743 bits per heavy atom. The molecule has 0 saturated carbocycles. The van der Waals surface area contributed by atoms with Crippen LogP contribution >= 0.6 is 11.8 Å². The first-order valence-corrected chi connectivity index (χ1v) is 12.8. The highest BCUT2D eigenvalue weighted by molar-refractivity contribution is 7.98. The third-order valence-electron chi connectivity index (χ3n) is 6.30. The highest BCUT2D eigenvalue weighted by Crippen LogP contribution is 2.34. The third-order valence-corrected chi connectivity index (χ3v) is 7.31. The molecule has 0 saturated heterocycles. The van der Waals surface area contributed by atoms with Crippen LogP contribution in [0.15, 0.2) is 108 Å². The van der Waals surface area contributed by atoms with Crippen molar-refractivity contribution in [2.45, 2.75) is 24.4 Å². The first-order valence-electron chi connectivity index (χ1n) is 11.8. The topological polar surface area (TPSA) is 43.6 Å². The Morgan fingerprint density at radius 3 is 2.34 bits per heavy atom. The van der Waals surface area contributed by atoms with E-state index in [0.29, 0.717) is 0 Å². The van der Waals surface area contributed by atoms with Gasteiger partial charge in [-0.3, -0.25) is 0 Å². The van der Waals surface area contributed by atoms with Gasteiger partial charge in [-0.05, 0) is 35.4 Å². The quantitative estimate of drug-likeness (QED) is 0.234. The van der Waals surface area contributed by atoms with E-state index in [9.17, 15) is 0 Å². The van der Waals surface area contributed by atoms with Crippen LogP contribution in [0.1, 0.15) is 12.5 Å². The minimum Gasteiger partial charge on any atom is -0.302 e. The Labute approximate surface area is 208 Å². The zero-order valence-corrected chi connectivity index (χ0v) is 20.2. The van der Waals surface area contributed by atoms with Gasteiger partial charge in [-0.1, -0.05) is 103 Å². The number of hydrogen-bond acceptors (Lipinski definition) is 4. The average Bonchev–Trinajstić information content (AvgIpc) is 3.34. The second kappa shape index (κ2) is 9.35. The summed E-state index contributed by atoms with van der Waals surface area (Å²) in [6.07, 6.45) is 0. The van der Waals surface area contributed by atoms with Crippen LogP contribution in [-0.2, 0) is 12.3 Å². The Hall–Kier alpha value is -3.96. The summed E-state index contributed by atoms with van der Waals surface area (Å²) in [7, 11) is 0. The number of pyridine rings is 1. The first-order chi connectivity index (χ1) is 17.3. The Bertz CT molecular complexity index is 1630. The lowest BCUT2D eigenvalue weighted by molar-refractivity contribution is 0.687. The van der Waals surface area contributed by atoms with Gasteiger partial charge in [0.15, 0.2) is 11.0 Å². The molecule has 0 fully saturated rings. The fourth-order valence-corrected chi connectivity index (χ4v) is 5.56. The van der Waals surface area contributed by atoms with Gasteiger partial charge in [0.1, 0.15) is 0 Å². The standard InChI is InChI=1S/C30H24N4S/c1-2-34-29(32-33-30(34)35-20-23-15-10-14-21-11-6-7-16-24(21)23)26-19-28(22-12-4-3-5-13-22)31-27-18-9-8-17-25(26)27/h3-19H,2,20H2,1H3. The second-order valence-electron chi connectivity index (χ2n) is 8.42. The van der Waals surface area contributed by atoms with Crippen LogP contribution in [0.2, 0.25) is 0 Å². The number of hydrogen-bond donors (Lipinski definition) is 0. The van der Waals surface area contributed by atoms with Gasteiger partial charge in [-0.2, -0.15) is 0 Å². The van der Waals surface area contributed by atoms with E-state index >= 15 is 0 Å². The predicted molar refractivity (Wildman–Crippen MR) is 145 cm³/mol. The normalized spacial score (nSPS) is 11.3. The minimum absolute atomic E-state index is 0.789. The maximum atomic E-state index is 4.94. The molecular weight excluding hydrogens is 448 g/mol. The van der Waals surface area contributed by atoms with Crippen molar-refractivity contribution in [3.05, 3.63) is 109 Å². The van der Waals surface area contributed by atoms with Gasteiger partial charge in [0.25, 0.3) is 0 Å². The van der Waals surface area contributed by atoms with E-state index in [2.05, 4.69) is 101 Å². The molecule has 5 heteroatoms. The van der Waals surface area contributed by atoms with Crippen molar-refractivity contribution in [3.8, 4) is 22.6 Å². The number of thioether (sulfide) groups is 1. The molecule has 0 radical (unpaired) electrons. The van der Waals surface area contributed by atoms with Gasteiger partial charge in [-0.15, -0.1) is 10.2 Å². The molecule has 4 nitrogen and oxygen atoms in total. The summed E-state index contributed by atoms with van der Waals surface area (Å²) in [5.74, 6) is 1.72. The van der Waals surface area contributed by atoms with E-state index in [-0.39, 0.29) is 0 Å². The molecule has 170 valence electrons. The molecule has 0 bridgehead atoms. The highest BCUT2D eigenvalue weighted by Gasteiger charge is 2.18. The number of benzene rings is 4. The summed E-state index contributed by atoms with van der Waals surface area (Å²) in [4.78, 5) is 4.94. The zero-order valence-electron chi connectivity index (χ0n) is 19.4. The van der Waals surface area contributed by atoms with Crippen LogP contribution in [0.3, 0.4) is 0 Å². The van der Waals surface area contributed by atoms with Gasteiger partial charge in [0.05, 0.1) is 11.2 Å². The maximum Gasteiger partial charge on any atom is 0.191 e. The SMILES string of the molecule is CCn1c(SCc2cccc3ccccc23)nnc1-c1cc(-c2ccccc2)nc2ccccc12. The molecule has 0 spiro atoms. The Morgan fingerprint density at radius 2 is 1.49 bits per heavy atom. The van der Waals surface area contributed by atoms with Crippen LogP contribution < -0.4 is 0 Å². The van der Waals surface area contributed by atoms with Crippen LogP contribution in [-0.4, -0.2) is 19.7 Å². The van der Waals surface area contributed by atoms with Crippen LogP contribution in [0.25, 0.3) is 44.3 Å². The van der Waals surface area contributed by atoms with E-state index in [1.165, 1.54) is 16.3 Å². The number of fused-ring (bicyclic) bond motifs is 2. The molecule has 6 rings (SSSR count). The summed E-state index contributed by atoms with van der Waals surface area (Å²) in [6.45, 7) is 2.94. The van der Waals surface area contributed by atoms with E-state index in [0.717, 1.165) is 51.0 Å². The molecule has 35 heavy (non-hydrogen) atoms. The monoisotopic (exact) mass is 472 g/mol. The zero-order chi connectivity index (χ0) is 23.6. The molecule has 0 unspecified atom stereocenters. The molecule has 0 aliphatic rings. The largest absolute Gasteiger partial charge is 0.302 e. The first kappa shape index (κ1) is 21.6. The molecular formula is C30H24N4S. The van der Waals surface area contributed by atoms with E-state index in [1.54, 1.807) is 11.8 Å².